The molecule has 3 nitrogen and oxygen atoms in total. The third kappa shape index (κ3) is 1.18. The van der Waals surface area contributed by atoms with Crippen LogP contribution in [0.1, 0.15) is 6.42 Å². The fourth-order valence-corrected chi connectivity index (χ4v) is 2.18. The molecule has 0 aromatic heterocycles. The lowest BCUT2D eigenvalue weighted by Gasteiger charge is -2.28. The zero-order valence-electron chi connectivity index (χ0n) is 6.94. The highest BCUT2D eigenvalue weighted by Gasteiger charge is 2.37. The Labute approximate surface area is 71.7 Å². The molecule has 3 heteroatoms. The topological polar surface area (TPSA) is 49.7 Å². The van der Waals surface area contributed by atoms with Gasteiger partial charge in [0.25, 0.3) is 0 Å². The van der Waals surface area contributed by atoms with Crippen LogP contribution in [0.3, 0.4) is 0 Å². The van der Waals surface area contributed by atoms with E-state index < -0.39 is 0 Å². The van der Waals surface area contributed by atoms with Crippen molar-refractivity contribution in [2.75, 3.05) is 19.8 Å². The third-order valence-corrected chi connectivity index (χ3v) is 2.89. The highest BCUT2D eigenvalue weighted by molar-refractivity contribution is 5.20. The van der Waals surface area contributed by atoms with Crippen LogP contribution >= 0.6 is 0 Å². The Hall–Kier alpha value is -0.380. The van der Waals surface area contributed by atoms with E-state index in [1.165, 1.54) is 0 Å². The molecule has 68 valence electrons. The lowest BCUT2D eigenvalue weighted by atomic mass is 9.87. The average molecular weight is 170 g/mol. The van der Waals surface area contributed by atoms with Gasteiger partial charge in [0.05, 0.1) is 19.3 Å². The number of fused-ring (bicyclic) bond motifs is 1. The van der Waals surface area contributed by atoms with E-state index in [-0.39, 0.29) is 18.6 Å². The van der Waals surface area contributed by atoms with Gasteiger partial charge in [0.2, 0.25) is 0 Å². The Morgan fingerprint density at radius 2 is 2.42 bits per heavy atom. The molecular weight excluding hydrogens is 156 g/mol. The fourth-order valence-electron chi connectivity index (χ4n) is 2.18. The second kappa shape index (κ2) is 3.17. The van der Waals surface area contributed by atoms with E-state index in [2.05, 4.69) is 0 Å². The number of rotatable bonds is 1. The monoisotopic (exact) mass is 170 g/mol. The van der Waals surface area contributed by atoms with Crippen molar-refractivity contribution >= 4 is 0 Å². The standard InChI is InChI=1S/C9H14O3/c10-4-6-3-9(11)7-1-2-12-5-8(6)7/h3,7-11H,1-2,4-5H2. The Bertz CT molecular complexity index is 200. The zero-order valence-corrected chi connectivity index (χ0v) is 6.94. The van der Waals surface area contributed by atoms with Crippen molar-refractivity contribution in [3.05, 3.63) is 11.6 Å². The first-order valence-corrected chi connectivity index (χ1v) is 4.40. The average Bonchev–Trinajstić information content (AvgIpc) is 2.44. The first kappa shape index (κ1) is 8.23. The molecule has 3 unspecified atom stereocenters. The van der Waals surface area contributed by atoms with Gasteiger partial charge in [-0.15, -0.1) is 0 Å². The maximum atomic E-state index is 9.58. The van der Waals surface area contributed by atoms with Gasteiger partial charge in [0, 0.05) is 12.5 Å². The van der Waals surface area contributed by atoms with E-state index in [0.29, 0.717) is 12.5 Å². The molecule has 2 N–H and O–H groups in total. The second-order valence-electron chi connectivity index (χ2n) is 3.52. The van der Waals surface area contributed by atoms with Crippen LogP contribution in [0.25, 0.3) is 0 Å². The molecular formula is C9H14O3. The van der Waals surface area contributed by atoms with Crippen molar-refractivity contribution < 1.29 is 14.9 Å². The first-order chi connectivity index (χ1) is 5.83. The summed E-state index contributed by atoms with van der Waals surface area (Å²) in [5.41, 5.74) is 0.951. The van der Waals surface area contributed by atoms with Crippen molar-refractivity contribution in [2.24, 2.45) is 11.8 Å². The van der Waals surface area contributed by atoms with Crippen LogP contribution in [0.5, 0.6) is 0 Å². The SMILES string of the molecule is OCC1=CC(O)C2CCOCC12. The molecule has 0 saturated carbocycles. The van der Waals surface area contributed by atoms with Crippen molar-refractivity contribution in [1.29, 1.82) is 0 Å². The van der Waals surface area contributed by atoms with E-state index in [9.17, 15) is 5.11 Å². The summed E-state index contributed by atoms with van der Waals surface area (Å²) in [4.78, 5) is 0. The second-order valence-corrected chi connectivity index (χ2v) is 3.52. The molecule has 1 aliphatic carbocycles. The van der Waals surface area contributed by atoms with Crippen molar-refractivity contribution in [3.63, 3.8) is 0 Å². The van der Waals surface area contributed by atoms with Crippen molar-refractivity contribution in [2.45, 2.75) is 12.5 Å². The Morgan fingerprint density at radius 1 is 1.58 bits per heavy atom. The first-order valence-electron chi connectivity index (χ1n) is 4.40. The van der Waals surface area contributed by atoms with E-state index in [0.717, 1.165) is 18.6 Å². The number of aliphatic hydroxyl groups is 2. The third-order valence-electron chi connectivity index (χ3n) is 2.89. The number of aliphatic hydroxyl groups excluding tert-OH is 2. The van der Waals surface area contributed by atoms with Crippen LogP contribution in [-0.2, 0) is 4.74 Å². The molecule has 0 bridgehead atoms. The molecule has 1 saturated heterocycles. The minimum atomic E-state index is -0.360. The minimum Gasteiger partial charge on any atom is -0.392 e. The van der Waals surface area contributed by atoms with Crippen molar-refractivity contribution in [3.8, 4) is 0 Å². The lowest BCUT2D eigenvalue weighted by Crippen LogP contribution is -2.31. The molecule has 0 radical (unpaired) electrons. The molecule has 0 spiro atoms. The molecule has 3 atom stereocenters. The summed E-state index contributed by atoms with van der Waals surface area (Å²) in [6.45, 7) is 1.46. The van der Waals surface area contributed by atoms with Gasteiger partial charge in [-0.05, 0) is 17.9 Å². The maximum Gasteiger partial charge on any atom is 0.0760 e. The van der Waals surface area contributed by atoms with E-state index >= 15 is 0 Å². The normalized spacial score (nSPS) is 40.8. The highest BCUT2D eigenvalue weighted by Crippen LogP contribution is 2.36. The Kier molecular flexibility index (Phi) is 2.17. The molecule has 1 heterocycles. The van der Waals surface area contributed by atoms with Crippen LogP contribution < -0.4 is 0 Å². The highest BCUT2D eigenvalue weighted by atomic mass is 16.5. The van der Waals surface area contributed by atoms with Gasteiger partial charge in [0.1, 0.15) is 0 Å². The van der Waals surface area contributed by atoms with Gasteiger partial charge < -0.3 is 14.9 Å². The van der Waals surface area contributed by atoms with E-state index in [1.54, 1.807) is 6.08 Å². The number of hydrogen-bond acceptors (Lipinski definition) is 3. The van der Waals surface area contributed by atoms with Gasteiger partial charge in [-0.25, -0.2) is 0 Å². The van der Waals surface area contributed by atoms with Crippen LogP contribution in [0, 0.1) is 11.8 Å². The quantitative estimate of drug-likeness (QED) is 0.542. The predicted molar refractivity (Wildman–Crippen MR) is 43.6 cm³/mol. The Morgan fingerprint density at radius 3 is 3.17 bits per heavy atom. The Balaban J connectivity index is 2.13. The van der Waals surface area contributed by atoms with E-state index in [1.807, 2.05) is 0 Å². The molecule has 0 amide bonds. The van der Waals surface area contributed by atoms with E-state index in [4.69, 9.17) is 9.84 Å². The predicted octanol–water partition coefficient (Wildman–Crippen LogP) is -0.0677. The summed E-state index contributed by atoms with van der Waals surface area (Å²) < 4.78 is 5.30. The minimum absolute atomic E-state index is 0.0571. The summed E-state index contributed by atoms with van der Waals surface area (Å²) in [6, 6.07) is 0. The molecule has 1 fully saturated rings. The zero-order chi connectivity index (χ0) is 8.55. The smallest absolute Gasteiger partial charge is 0.0760 e. The van der Waals surface area contributed by atoms with Gasteiger partial charge in [-0.2, -0.15) is 0 Å². The van der Waals surface area contributed by atoms with Crippen LogP contribution in [0.2, 0.25) is 0 Å². The van der Waals surface area contributed by atoms with Gasteiger partial charge in [0.15, 0.2) is 0 Å². The largest absolute Gasteiger partial charge is 0.392 e. The summed E-state index contributed by atoms with van der Waals surface area (Å²) in [7, 11) is 0. The fraction of sp³-hybridized carbons (Fsp3) is 0.778. The number of ether oxygens (including phenoxy) is 1. The molecule has 2 aliphatic rings. The number of hydrogen-bond donors (Lipinski definition) is 2. The van der Waals surface area contributed by atoms with Crippen LogP contribution in [-0.4, -0.2) is 36.1 Å². The van der Waals surface area contributed by atoms with Crippen molar-refractivity contribution in [1.82, 2.24) is 0 Å². The summed E-state index contributed by atoms with van der Waals surface area (Å²) in [5, 5.41) is 18.6. The molecule has 0 aromatic carbocycles. The lowest BCUT2D eigenvalue weighted by molar-refractivity contribution is 0.000635. The molecule has 2 rings (SSSR count). The van der Waals surface area contributed by atoms with Gasteiger partial charge >= 0.3 is 0 Å². The maximum absolute atomic E-state index is 9.58. The summed E-state index contributed by atoms with van der Waals surface area (Å²) >= 11 is 0. The van der Waals surface area contributed by atoms with Crippen LogP contribution in [0.4, 0.5) is 0 Å². The molecule has 1 aliphatic heterocycles. The summed E-state index contributed by atoms with van der Waals surface area (Å²) in [6.07, 6.45) is 2.33. The van der Waals surface area contributed by atoms with Gasteiger partial charge in [-0.3, -0.25) is 0 Å². The summed E-state index contributed by atoms with van der Waals surface area (Å²) in [5.74, 6) is 0.555. The molecule has 0 aromatic rings. The van der Waals surface area contributed by atoms with Gasteiger partial charge in [-0.1, -0.05) is 6.08 Å². The molecule has 12 heavy (non-hydrogen) atoms. The van der Waals surface area contributed by atoms with Crippen LogP contribution in [0.15, 0.2) is 11.6 Å².